The molecule has 152 valence electrons. The van der Waals surface area contributed by atoms with E-state index in [1.54, 1.807) is 52.1 Å². The number of amides is 3. The van der Waals surface area contributed by atoms with E-state index in [0.717, 1.165) is 0 Å². The summed E-state index contributed by atoms with van der Waals surface area (Å²) in [5.74, 6) is -0.536. The number of benzene rings is 2. The number of nitrogens with zero attached hydrogens (tertiary/aromatic N) is 1. The average Bonchev–Trinajstić information content (AvgIpc) is 2.95. The molecule has 0 fully saturated rings. The van der Waals surface area contributed by atoms with Crippen molar-refractivity contribution in [3.05, 3.63) is 64.7 Å². The van der Waals surface area contributed by atoms with E-state index in [0.29, 0.717) is 16.9 Å². The fourth-order valence-electron chi connectivity index (χ4n) is 3.23. The van der Waals surface area contributed by atoms with E-state index in [9.17, 15) is 19.5 Å². The van der Waals surface area contributed by atoms with Crippen molar-refractivity contribution >= 4 is 17.7 Å². The first-order valence-corrected chi connectivity index (χ1v) is 9.26. The first-order valence-electron chi connectivity index (χ1n) is 9.26. The van der Waals surface area contributed by atoms with Gasteiger partial charge in [0.25, 0.3) is 17.7 Å². The van der Waals surface area contributed by atoms with Gasteiger partial charge in [0.1, 0.15) is 5.75 Å². The number of aliphatic hydroxyl groups excluding tert-OH is 1. The number of aliphatic hydroxyl groups is 1. The molecule has 1 unspecified atom stereocenters. The van der Waals surface area contributed by atoms with Gasteiger partial charge >= 0.3 is 0 Å². The van der Waals surface area contributed by atoms with Gasteiger partial charge in [-0.2, -0.15) is 0 Å². The third-order valence-electron chi connectivity index (χ3n) is 4.78. The molecule has 7 heteroatoms. The van der Waals surface area contributed by atoms with Gasteiger partial charge in [0.05, 0.1) is 24.3 Å². The summed E-state index contributed by atoms with van der Waals surface area (Å²) >= 11 is 0. The van der Waals surface area contributed by atoms with Crippen LogP contribution < -0.4 is 10.1 Å². The minimum Gasteiger partial charge on any atom is -0.497 e. The lowest BCUT2D eigenvalue weighted by atomic mass is 10.0. The number of ether oxygens (including phenoxy) is 1. The number of imide groups is 1. The second-order valence-corrected chi connectivity index (χ2v) is 7.88. The molecule has 0 saturated carbocycles. The Morgan fingerprint density at radius 3 is 2.28 bits per heavy atom. The van der Waals surface area contributed by atoms with Crippen molar-refractivity contribution in [2.45, 2.75) is 32.4 Å². The number of carbonyl (C=O) groups is 3. The van der Waals surface area contributed by atoms with Gasteiger partial charge in [-0.1, -0.05) is 12.1 Å². The van der Waals surface area contributed by atoms with Crippen LogP contribution in [0.3, 0.4) is 0 Å². The third-order valence-corrected chi connectivity index (χ3v) is 4.78. The minimum absolute atomic E-state index is 0.00321. The lowest BCUT2D eigenvalue weighted by molar-refractivity contribution is 0.0507. The van der Waals surface area contributed by atoms with E-state index in [1.165, 1.54) is 23.1 Å². The van der Waals surface area contributed by atoms with Gasteiger partial charge in [-0.15, -0.1) is 0 Å². The summed E-state index contributed by atoms with van der Waals surface area (Å²) in [5.41, 5.74) is 0.746. The molecule has 2 aromatic carbocycles. The van der Waals surface area contributed by atoms with Crippen LogP contribution in [0.1, 0.15) is 63.5 Å². The van der Waals surface area contributed by atoms with E-state index >= 15 is 0 Å². The highest BCUT2D eigenvalue weighted by molar-refractivity contribution is 6.22. The van der Waals surface area contributed by atoms with Crippen LogP contribution in [0.4, 0.5) is 0 Å². The second kappa shape index (κ2) is 7.67. The number of hydrogen-bond acceptors (Lipinski definition) is 5. The van der Waals surface area contributed by atoms with Gasteiger partial charge in [0.2, 0.25) is 0 Å². The Hall–Kier alpha value is -3.19. The fourth-order valence-corrected chi connectivity index (χ4v) is 3.23. The molecule has 0 aromatic heterocycles. The summed E-state index contributed by atoms with van der Waals surface area (Å²) < 4.78 is 5.08. The normalized spacial score (nSPS) is 14.6. The maximum atomic E-state index is 12.7. The van der Waals surface area contributed by atoms with E-state index in [2.05, 4.69) is 5.32 Å². The Kier molecular flexibility index (Phi) is 5.44. The number of rotatable bonds is 5. The van der Waals surface area contributed by atoms with E-state index in [4.69, 9.17) is 4.74 Å². The van der Waals surface area contributed by atoms with Crippen LogP contribution in [-0.4, -0.2) is 46.9 Å². The predicted octanol–water partition coefficient (Wildman–Crippen LogP) is 2.55. The van der Waals surface area contributed by atoms with Crippen LogP contribution in [0.15, 0.2) is 42.5 Å². The predicted molar refractivity (Wildman–Crippen MR) is 107 cm³/mol. The quantitative estimate of drug-likeness (QED) is 0.758. The molecule has 3 rings (SSSR count). The summed E-state index contributed by atoms with van der Waals surface area (Å²) in [5, 5.41) is 12.9. The molecule has 7 nitrogen and oxygen atoms in total. The minimum atomic E-state index is -0.890. The topological polar surface area (TPSA) is 95.9 Å². The molecule has 29 heavy (non-hydrogen) atoms. The Bertz CT molecular complexity index is 960. The first-order chi connectivity index (χ1) is 13.6. The second-order valence-electron chi connectivity index (χ2n) is 7.88. The van der Waals surface area contributed by atoms with Gasteiger partial charge in [-0.05, 0) is 56.7 Å². The summed E-state index contributed by atoms with van der Waals surface area (Å²) in [4.78, 5) is 38.9. The summed E-state index contributed by atoms with van der Waals surface area (Å²) in [6, 6.07) is 11.3. The molecule has 0 radical (unpaired) electrons. The van der Waals surface area contributed by atoms with Crippen molar-refractivity contribution in [3.8, 4) is 5.75 Å². The Morgan fingerprint density at radius 1 is 1.07 bits per heavy atom. The molecule has 0 bridgehead atoms. The van der Waals surface area contributed by atoms with Gasteiger partial charge in [0.15, 0.2) is 0 Å². The van der Waals surface area contributed by atoms with Gasteiger partial charge in [0, 0.05) is 17.6 Å². The maximum Gasteiger partial charge on any atom is 0.262 e. The zero-order valence-electron chi connectivity index (χ0n) is 16.9. The average molecular weight is 396 g/mol. The van der Waals surface area contributed by atoms with Crippen LogP contribution in [0.2, 0.25) is 0 Å². The fraction of sp³-hybridized carbons (Fsp3) is 0.318. The largest absolute Gasteiger partial charge is 0.497 e. The highest BCUT2D eigenvalue weighted by Crippen LogP contribution is 2.29. The summed E-state index contributed by atoms with van der Waals surface area (Å²) in [6.45, 7) is 5.35. The summed E-state index contributed by atoms with van der Waals surface area (Å²) in [6.07, 6.45) is -0.890. The summed E-state index contributed by atoms with van der Waals surface area (Å²) in [7, 11) is 1.56. The zero-order chi connectivity index (χ0) is 21.3. The molecule has 1 atom stereocenters. The monoisotopic (exact) mass is 396 g/mol. The number of carbonyl (C=O) groups excluding carboxylic acids is 3. The van der Waals surface area contributed by atoms with Crippen LogP contribution in [0, 0.1) is 0 Å². The SMILES string of the molecule is COc1ccc(C(O)CNC(=O)c2ccc3c(c2)C(=O)N(C(C)(C)C)C3=O)cc1. The maximum absolute atomic E-state index is 12.7. The number of fused-ring (bicyclic) bond motifs is 1. The van der Waals surface area contributed by atoms with Gasteiger partial charge < -0.3 is 15.2 Å². The Labute approximate surface area is 169 Å². The highest BCUT2D eigenvalue weighted by atomic mass is 16.5. The molecule has 1 aliphatic heterocycles. The van der Waals surface area contributed by atoms with Crippen LogP contribution in [-0.2, 0) is 0 Å². The van der Waals surface area contributed by atoms with Gasteiger partial charge in [-0.25, -0.2) is 0 Å². The van der Waals surface area contributed by atoms with E-state index in [1.807, 2.05) is 0 Å². The molecule has 0 aliphatic carbocycles. The molecule has 2 N–H and O–H groups in total. The molecule has 1 heterocycles. The lowest BCUT2D eigenvalue weighted by Crippen LogP contribution is -2.45. The van der Waals surface area contributed by atoms with Crippen molar-refractivity contribution < 1.29 is 24.2 Å². The Balaban J connectivity index is 1.71. The van der Waals surface area contributed by atoms with Crippen molar-refractivity contribution in [2.75, 3.05) is 13.7 Å². The number of methoxy groups -OCH3 is 1. The van der Waals surface area contributed by atoms with E-state index in [-0.39, 0.29) is 23.6 Å². The van der Waals surface area contributed by atoms with Crippen LogP contribution in [0.5, 0.6) is 5.75 Å². The smallest absolute Gasteiger partial charge is 0.262 e. The molecular weight excluding hydrogens is 372 g/mol. The van der Waals surface area contributed by atoms with Gasteiger partial charge in [-0.3, -0.25) is 19.3 Å². The molecule has 0 spiro atoms. The zero-order valence-corrected chi connectivity index (χ0v) is 16.9. The van der Waals surface area contributed by atoms with Crippen molar-refractivity contribution in [1.29, 1.82) is 0 Å². The van der Waals surface area contributed by atoms with Crippen LogP contribution in [0.25, 0.3) is 0 Å². The lowest BCUT2D eigenvalue weighted by Gasteiger charge is -2.29. The van der Waals surface area contributed by atoms with Crippen molar-refractivity contribution in [3.63, 3.8) is 0 Å². The number of nitrogens with one attached hydrogen (secondary N) is 1. The molecule has 1 aliphatic rings. The van der Waals surface area contributed by atoms with Crippen molar-refractivity contribution in [2.24, 2.45) is 0 Å². The number of hydrogen-bond donors (Lipinski definition) is 2. The molecule has 0 saturated heterocycles. The van der Waals surface area contributed by atoms with Crippen molar-refractivity contribution in [1.82, 2.24) is 10.2 Å². The third kappa shape index (κ3) is 4.00. The Morgan fingerprint density at radius 2 is 1.69 bits per heavy atom. The molecular formula is C22H24N2O5. The van der Waals surface area contributed by atoms with Crippen LogP contribution >= 0.6 is 0 Å². The highest BCUT2D eigenvalue weighted by Gasteiger charge is 2.42. The van der Waals surface area contributed by atoms with E-state index < -0.39 is 23.5 Å². The first kappa shape index (κ1) is 20.5. The molecule has 3 amide bonds. The molecule has 2 aromatic rings. The standard InChI is InChI=1S/C22H24N2O5/c1-22(2,3)24-20(27)16-10-7-14(11-17(16)21(24)28)19(26)23-12-18(25)13-5-8-15(29-4)9-6-13/h5-11,18,25H,12H2,1-4H3,(H,23,26).